The molecule has 0 fully saturated rings. The molecule has 6 rings (SSSR count). The van der Waals surface area contributed by atoms with E-state index in [1.54, 1.807) is 0 Å². The number of halogens is 6. The Morgan fingerprint density at radius 3 is 1.14 bits per heavy atom. The molecule has 2 aromatic rings. The van der Waals surface area contributed by atoms with Gasteiger partial charge in [0.25, 0.3) is 0 Å². The van der Waals surface area contributed by atoms with Crippen LogP contribution in [0.25, 0.3) is 35.4 Å². The Balaban J connectivity index is 0.000000283. The minimum absolute atomic E-state index is 0. The fourth-order valence-electron chi connectivity index (χ4n) is 4.12. The molecule has 0 amide bonds. The van der Waals surface area contributed by atoms with E-state index in [2.05, 4.69) is 86.7 Å². The maximum absolute atomic E-state index is 5.94. The van der Waals surface area contributed by atoms with Crippen LogP contribution in [-0.4, -0.2) is 9.67 Å². The summed E-state index contributed by atoms with van der Waals surface area (Å²) in [5, 5.41) is 4.64. The smallest absolute Gasteiger partial charge is 0.188 e. The van der Waals surface area contributed by atoms with Crippen LogP contribution in [0.2, 0.25) is 0 Å². The number of alkyl halides is 4. The average molecular weight is 692 g/mol. The quantitative estimate of drug-likeness (QED) is 0.157. The van der Waals surface area contributed by atoms with Crippen LogP contribution >= 0.6 is 71.2 Å². The predicted octanol–water partition coefficient (Wildman–Crippen LogP) is 7.02. The summed E-state index contributed by atoms with van der Waals surface area (Å²) in [7, 11) is 0. The third kappa shape index (κ3) is 7.49. The van der Waals surface area contributed by atoms with Crippen molar-refractivity contribution in [3.8, 4) is 11.1 Å². The van der Waals surface area contributed by atoms with Crippen LogP contribution < -0.4 is 20.9 Å². The van der Waals surface area contributed by atoms with Crippen molar-refractivity contribution in [2.75, 3.05) is 0 Å². The van der Waals surface area contributed by atoms with E-state index in [4.69, 9.17) is 46.4 Å². The van der Waals surface area contributed by atoms with Gasteiger partial charge in [0.1, 0.15) is 9.67 Å². The molecule has 0 aliphatic heterocycles. The molecule has 0 saturated heterocycles. The number of hydrogen-bond donors (Lipinski definition) is 0. The Hall–Kier alpha value is -0.237. The van der Waals surface area contributed by atoms with Crippen molar-refractivity contribution < 1.29 is 26.2 Å². The molecule has 2 aromatic carbocycles. The number of rotatable bonds is 2. The second-order valence-corrected chi connectivity index (χ2v) is 11.6. The maximum Gasteiger partial charge on any atom is 2.00 e. The predicted molar refractivity (Wildman–Crippen MR) is 164 cm³/mol. The first-order valence-electron chi connectivity index (χ1n) is 11.2. The van der Waals surface area contributed by atoms with Crippen LogP contribution in [0.1, 0.15) is 25.0 Å². The van der Waals surface area contributed by atoms with Gasteiger partial charge < -0.3 is 0 Å². The molecular formula is C30H28Cl6Zr. The normalized spacial score (nSPS) is 20.3. The molecule has 0 heterocycles. The van der Waals surface area contributed by atoms with Gasteiger partial charge in [-0.25, -0.2) is 0 Å². The molecular weight excluding hydrogens is 664 g/mol. The molecule has 7 heteroatoms. The number of fused-ring (bicyclic) bond motifs is 3. The third-order valence-electron chi connectivity index (χ3n) is 6.43. The molecule has 194 valence electrons. The van der Waals surface area contributed by atoms with E-state index >= 15 is 0 Å². The molecule has 2 atom stereocenters. The second kappa shape index (κ2) is 13.9. The van der Waals surface area contributed by atoms with E-state index in [1.807, 2.05) is 26.0 Å². The first kappa shape index (κ1) is 34.8. The summed E-state index contributed by atoms with van der Waals surface area (Å²) < 4.78 is 0. The molecule has 2 unspecified atom stereocenters. The molecule has 37 heavy (non-hydrogen) atoms. The van der Waals surface area contributed by atoms with E-state index in [0.717, 1.165) is 10.4 Å². The zero-order valence-corrected chi connectivity index (χ0v) is 28.0. The molecule has 0 saturated carbocycles. The van der Waals surface area contributed by atoms with Gasteiger partial charge >= 0.3 is 26.2 Å². The van der Waals surface area contributed by atoms with Gasteiger partial charge in [-0.3, -0.25) is 0 Å². The Bertz CT molecular complexity index is 1350. The Kier molecular flexibility index (Phi) is 13.1. The summed E-state index contributed by atoms with van der Waals surface area (Å²) in [5.41, 5.74) is 4.59. The second-order valence-electron chi connectivity index (χ2n) is 9.36. The molecule has 0 bridgehead atoms. The summed E-state index contributed by atoms with van der Waals surface area (Å²) in [5.74, 6) is 0. The van der Waals surface area contributed by atoms with Gasteiger partial charge in [0.15, 0.2) is 0 Å². The Morgan fingerprint density at radius 2 is 0.919 bits per heavy atom. The van der Waals surface area contributed by atoms with E-state index in [9.17, 15) is 0 Å². The molecule has 4 aliphatic carbocycles. The minimum atomic E-state index is -0.450. The number of hydrogen-bond acceptors (Lipinski definition) is 0. The first-order valence-corrected chi connectivity index (χ1v) is 12.9. The van der Waals surface area contributed by atoms with Gasteiger partial charge in [-0.2, -0.15) is 33.7 Å². The van der Waals surface area contributed by atoms with Gasteiger partial charge in [-0.1, -0.05) is 64.1 Å². The molecule has 0 nitrogen and oxygen atoms in total. The summed E-state index contributed by atoms with van der Waals surface area (Å²) in [6, 6.07) is 20.8. The first-order chi connectivity index (χ1) is 16.0. The van der Waals surface area contributed by atoms with Gasteiger partial charge in [-0.15, -0.1) is 118 Å². The molecule has 4 aliphatic rings. The van der Waals surface area contributed by atoms with Crippen molar-refractivity contribution in [3.63, 3.8) is 0 Å². The topological polar surface area (TPSA) is 0 Å². The summed E-state index contributed by atoms with van der Waals surface area (Å²) in [6.07, 6.45) is 10.9. The summed E-state index contributed by atoms with van der Waals surface area (Å²) in [4.78, 5) is -0.899. The van der Waals surface area contributed by atoms with Crippen molar-refractivity contribution in [2.45, 2.75) is 37.4 Å². The molecule has 0 aromatic heterocycles. The van der Waals surface area contributed by atoms with Gasteiger partial charge in [0.05, 0.1) is 0 Å². The monoisotopic (exact) mass is 688 g/mol. The van der Waals surface area contributed by atoms with Crippen LogP contribution in [0.4, 0.5) is 0 Å². The maximum atomic E-state index is 5.94. The zero-order chi connectivity index (χ0) is 24.7. The minimum Gasteiger partial charge on any atom is -0.188 e. The van der Waals surface area contributed by atoms with Gasteiger partial charge in [0, 0.05) is 0 Å². The van der Waals surface area contributed by atoms with Crippen molar-refractivity contribution in [3.05, 3.63) is 92.7 Å². The average Bonchev–Trinajstić information content (AvgIpc) is 3.32. The van der Waals surface area contributed by atoms with Crippen molar-refractivity contribution in [1.82, 2.24) is 0 Å². The van der Waals surface area contributed by atoms with Crippen LogP contribution in [0.5, 0.6) is 0 Å². The van der Waals surface area contributed by atoms with Crippen molar-refractivity contribution in [2.24, 2.45) is 10.8 Å². The van der Waals surface area contributed by atoms with Crippen LogP contribution in [0, 0.1) is 24.7 Å². The zero-order valence-electron chi connectivity index (χ0n) is 20.9. The van der Waals surface area contributed by atoms with Gasteiger partial charge in [0.2, 0.25) is 0 Å². The van der Waals surface area contributed by atoms with Gasteiger partial charge in [-0.05, 0) is 22.0 Å². The van der Waals surface area contributed by atoms with E-state index in [0.29, 0.717) is 0 Å². The Morgan fingerprint density at radius 1 is 0.595 bits per heavy atom. The molecule has 0 N–H and O–H groups in total. The molecule has 0 spiro atoms. The largest absolute Gasteiger partial charge is 2.00 e. The fourth-order valence-corrected chi connectivity index (χ4v) is 4.59. The van der Waals surface area contributed by atoms with Crippen molar-refractivity contribution >= 4 is 95.5 Å². The summed E-state index contributed by atoms with van der Waals surface area (Å²) in [6.45, 7) is 8.14. The molecule has 0 radical (unpaired) electrons. The standard InChI is InChI=1S/2C12H11Cl2.C6H4.2ClH.Zr/c2*1-8-4-3-5-9-6-12(2,11(13)14)7-10(8)9;1-2-6-4-3-5(1)6;;;/h2*3-6,11H,1-2H3;1-4H;2*1H;/q2*-1;;;;+2. The third-order valence-corrected chi connectivity index (χ3v) is 8.25. The van der Waals surface area contributed by atoms with E-state index in [1.165, 1.54) is 32.7 Å². The van der Waals surface area contributed by atoms with E-state index in [-0.39, 0.29) is 61.8 Å². The SMILES string of the molecule is Cc1cccc2c1=[C-]C(C)(C(Cl)Cl)C=2.Cc1cccc2c1=[C-]C(C)(C(Cl)Cl)C=2.Cl.Cl.[Zr+2].c1cc2ccc1-2. The fraction of sp³-hybridized carbons (Fsp3) is 0.267. The summed E-state index contributed by atoms with van der Waals surface area (Å²) >= 11 is 23.8. The van der Waals surface area contributed by atoms with Crippen LogP contribution in [0.3, 0.4) is 0 Å². The number of benzene rings is 3. The van der Waals surface area contributed by atoms with Crippen LogP contribution in [-0.2, 0) is 26.2 Å². The van der Waals surface area contributed by atoms with Crippen LogP contribution in [0.15, 0.2) is 60.7 Å². The van der Waals surface area contributed by atoms with Crippen molar-refractivity contribution in [1.29, 1.82) is 0 Å². The number of aryl methyl sites for hydroxylation is 2. The Labute approximate surface area is 271 Å². The van der Waals surface area contributed by atoms with E-state index < -0.39 is 9.67 Å².